The van der Waals surface area contributed by atoms with Crippen LogP contribution in [0.2, 0.25) is 0 Å². The Morgan fingerprint density at radius 2 is 2.31 bits per heavy atom. The number of nitrogens with zero attached hydrogens (tertiary/aromatic N) is 3. The number of piperidine rings is 1. The summed E-state index contributed by atoms with van der Waals surface area (Å²) in [5.74, 6) is 0.952. The van der Waals surface area contributed by atoms with Crippen LogP contribution in [-0.4, -0.2) is 28.5 Å². The fourth-order valence-corrected chi connectivity index (χ4v) is 2.83. The van der Waals surface area contributed by atoms with E-state index in [4.69, 9.17) is 5.73 Å². The summed E-state index contributed by atoms with van der Waals surface area (Å²) in [7, 11) is 0. The number of aromatic nitrogens is 2. The molecule has 0 spiro atoms. The van der Waals surface area contributed by atoms with Gasteiger partial charge in [0.25, 0.3) is 0 Å². The van der Waals surface area contributed by atoms with Gasteiger partial charge in [0, 0.05) is 37.1 Å². The molecular formula is C11H20N4S. The van der Waals surface area contributed by atoms with Gasteiger partial charge in [-0.3, -0.25) is 0 Å². The summed E-state index contributed by atoms with van der Waals surface area (Å²) in [6.45, 7) is 8.52. The zero-order valence-electron chi connectivity index (χ0n) is 10.2. The Hall–Kier alpha value is -0.680. The second kappa shape index (κ2) is 4.30. The van der Waals surface area contributed by atoms with Gasteiger partial charge >= 0.3 is 0 Å². The van der Waals surface area contributed by atoms with Gasteiger partial charge in [0.05, 0.1) is 0 Å². The molecule has 0 aliphatic carbocycles. The second-order valence-electron chi connectivity index (χ2n) is 5.15. The highest BCUT2D eigenvalue weighted by Gasteiger charge is 2.34. The normalized spacial score (nSPS) is 24.8. The van der Waals surface area contributed by atoms with Crippen LogP contribution < -0.4 is 10.6 Å². The number of hydrogen-bond donors (Lipinski definition) is 1. The fourth-order valence-electron chi connectivity index (χ4n) is 2.05. The van der Waals surface area contributed by atoms with Gasteiger partial charge < -0.3 is 10.6 Å². The topological polar surface area (TPSA) is 55.0 Å². The van der Waals surface area contributed by atoms with Crippen LogP contribution in [0.1, 0.15) is 33.0 Å². The molecule has 4 nitrogen and oxygen atoms in total. The predicted molar refractivity (Wildman–Crippen MR) is 67.9 cm³/mol. The molecule has 2 heterocycles. The van der Waals surface area contributed by atoms with Crippen molar-refractivity contribution in [2.45, 2.75) is 39.7 Å². The summed E-state index contributed by atoms with van der Waals surface area (Å²) in [6, 6.07) is 0.294. The van der Waals surface area contributed by atoms with Crippen molar-refractivity contribution in [3.8, 4) is 0 Å². The minimum Gasteiger partial charge on any atom is -0.346 e. The molecule has 5 heteroatoms. The lowest BCUT2D eigenvalue weighted by atomic mass is 9.80. The SMILES string of the molecule is CCc1nsc(N2CCC(N)C(C)(C)C2)n1. The third kappa shape index (κ3) is 2.20. The van der Waals surface area contributed by atoms with Crippen molar-refractivity contribution in [1.29, 1.82) is 0 Å². The molecule has 1 saturated heterocycles. The van der Waals surface area contributed by atoms with E-state index in [0.29, 0.717) is 6.04 Å². The van der Waals surface area contributed by atoms with Gasteiger partial charge in [-0.2, -0.15) is 4.37 Å². The first-order valence-corrected chi connectivity index (χ1v) is 6.63. The van der Waals surface area contributed by atoms with E-state index in [0.717, 1.165) is 36.9 Å². The molecule has 1 unspecified atom stereocenters. The van der Waals surface area contributed by atoms with E-state index >= 15 is 0 Å². The van der Waals surface area contributed by atoms with E-state index in [9.17, 15) is 0 Å². The maximum atomic E-state index is 6.12. The highest BCUT2D eigenvalue weighted by atomic mass is 32.1. The minimum absolute atomic E-state index is 0.163. The van der Waals surface area contributed by atoms with E-state index < -0.39 is 0 Å². The smallest absolute Gasteiger partial charge is 0.205 e. The van der Waals surface area contributed by atoms with Crippen LogP contribution in [0.25, 0.3) is 0 Å². The monoisotopic (exact) mass is 240 g/mol. The average Bonchev–Trinajstić information content (AvgIpc) is 2.70. The van der Waals surface area contributed by atoms with E-state index in [1.54, 1.807) is 0 Å². The summed E-state index contributed by atoms with van der Waals surface area (Å²) < 4.78 is 4.33. The summed E-state index contributed by atoms with van der Waals surface area (Å²) >= 11 is 1.51. The summed E-state index contributed by atoms with van der Waals surface area (Å²) in [6.07, 6.45) is 1.95. The Bertz CT molecular complexity index is 361. The second-order valence-corrected chi connectivity index (χ2v) is 5.88. The number of anilines is 1. The van der Waals surface area contributed by atoms with Gasteiger partial charge in [0.2, 0.25) is 5.13 Å². The van der Waals surface area contributed by atoms with Crippen LogP contribution in [0.5, 0.6) is 0 Å². The first-order valence-electron chi connectivity index (χ1n) is 5.86. The van der Waals surface area contributed by atoms with Crippen LogP contribution in [-0.2, 0) is 6.42 Å². The molecule has 1 aliphatic rings. The van der Waals surface area contributed by atoms with Crippen LogP contribution in [0.4, 0.5) is 5.13 Å². The molecule has 90 valence electrons. The van der Waals surface area contributed by atoms with Gasteiger partial charge in [-0.15, -0.1) is 0 Å². The fraction of sp³-hybridized carbons (Fsp3) is 0.818. The number of hydrogen-bond acceptors (Lipinski definition) is 5. The number of aryl methyl sites for hydroxylation is 1. The van der Waals surface area contributed by atoms with E-state index in [-0.39, 0.29) is 5.41 Å². The van der Waals surface area contributed by atoms with E-state index in [1.165, 1.54) is 11.5 Å². The van der Waals surface area contributed by atoms with Crippen LogP contribution in [0.15, 0.2) is 0 Å². The molecule has 2 N–H and O–H groups in total. The van der Waals surface area contributed by atoms with Crippen molar-refractivity contribution in [3.05, 3.63) is 5.82 Å². The maximum Gasteiger partial charge on any atom is 0.205 e. The van der Waals surface area contributed by atoms with Crippen molar-refractivity contribution in [2.75, 3.05) is 18.0 Å². The van der Waals surface area contributed by atoms with Gasteiger partial charge in [-0.05, 0) is 11.8 Å². The minimum atomic E-state index is 0.163. The molecule has 0 radical (unpaired) electrons. The Kier molecular flexibility index (Phi) is 3.17. The molecule has 0 aromatic carbocycles. The van der Waals surface area contributed by atoms with Crippen LogP contribution >= 0.6 is 11.5 Å². The molecule has 1 aromatic rings. The number of rotatable bonds is 2. The third-order valence-corrected chi connectivity index (χ3v) is 4.17. The molecule has 1 aliphatic heterocycles. The molecule has 1 fully saturated rings. The number of nitrogens with two attached hydrogens (primary N) is 1. The van der Waals surface area contributed by atoms with Crippen LogP contribution in [0, 0.1) is 5.41 Å². The lowest BCUT2D eigenvalue weighted by Gasteiger charge is -2.42. The molecule has 1 atom stereocenters. The highest BCUT2D eigenvalue weighted by molar-refractivity contribution is 7.09. The molecular weight excluding hydrogens is 220 g/mol. The van der Waals surface area contributed by atoms with Crippen molar-refractivity contribution in [3.63, 3.8) is 0 Å². The molecule has 0 bridgehead atoms. The highest BCUT2D eigenvalue weighted by Crippen LogP contribution is 2.31. The van der Waals surface area contributed by atoms with Crippen molar-refractivity contribution < 1.29 is 0 Å². The maximum absolute atomic E-state index is 6.12. The Balaban J connectivity index is 2.11. The summed E-state index contributed by atoms with van der Waals surface area (Å²) in [5, 5.41) is 1.05. The molecule has 2 rings (SSSR count). The van der Waals surface area contributed by atoms with Crippen molar-refractivity contribution in [1.82, 2.24) is 9.36 Å². The molecule has 16 heavy (non-hydrogen) atoms. The summed E-state index contributed by atoms with van der Waals surface area (Å²) in [5.41, 5.74) is 6.29. The first kappa shape index (κ1) is 11.8. The summed E-state index contributed by atoms with van der Waals surface area (Å²) in [4.78, 5) is 6.86. The van der Waals surface area contributed by atoms with Crippen molar-refractivity contribution in [2.24, 2.45) is 11.1 Å². The first-order chi connectivity index (χ1) is 7.53. The van der Waals surface area contributed by atoms with Crippen LogP contribution in [0.3, 0.4) is 0 Å². The average molecular weight is 240 g/mol. The molecule has 0 amide bonds. The lowest BCUT2D eigenvalue weighted by Crippen LogP contribution is -2.52. The van der Waals surface area contributed by atoms with E-state index in [1.807, 2.05) is 0 Å². The van der Waals surface area contributed by atoms with Gasteiger partial charge in [0.15, 0.2) is 0 Å². The van der Waals surface area contributed by atoms with Gasteiger partial charge in [-0.25, -0.2) is 4.98 Å². The van der Waals surface area contributed by atoms with Crippen molar-refractivity contribution >= 4 is 16.7 Å². The zero-order chi connectivity index (χ0) is 11.8. The molecule has 0 saturated carbocycles. The zero-order valence-corrected chi connectivity index (χ0v) is 11.0. The lowest BCUT2D eigenvalue weighted by molar-refractivity contribution is 0.245. The molecule has 1 aromatic heterocycles. The third-order valence-electron chi connectivity index (χ3n) is 3.36. The van der Waals surface area contributed by atoms with Gasteiger partial charge in [-0.1, -0.05) is 20.8 Å². The standard InChI is InChI=1S/C11H20N4S/c1-4-9-13-10(16-14-9)15-6-5-8(12)11(2,3)7-15/h8H,4-7,12H2,1-3H3. The largest absolute Gasteiger partial charge is 0.346 e. The van der Waals surface area contributed by atoms with Gasteiger partial charge in [0.1, 0.15) is 5.82 Å². The van der Waals surface area contributed by atoms with E-state index in [2.05, 4.69) is 35.0 Å². The predicted octanol–water partition coefficient (Wildman–Crippen LogP) is 1.66. The quantitative estimate of drug-likeness (QED) is 0.854. The Morgan fingerprint density at radius 1 is 1.56 bits per heavy atom. The Morgan fingerprint density at radius 3 is 2.88 bits per heavy atom. The Labute approximate surface area is 101 Å².